The molecule has 1 aromatic rings. The van der Waals surface area contributed by atoms with E-state index in [1.54, 1.807) is 27.0 Å². The second-order valence-electron chi connectivity index (χ2n) is 4.30. The summed E-state index contributed by atoms with van der Waals surface area (Å²) in [6.45, 7) is 3.38. The highest BCUT2D eigenvalue weighted by Crippen LogP contribution is 2.25. The van der Waals surface area contributed by atoms with Crippen LogP contribution in [0.3, 0.4) is 0 Å². The Morgan fingerprint density at radius 1 is 1.33 bits per heavy atom. The van der Waals surface area contributed by atoms with Gasteiger partial charge in [0.25, 0.3) is 0 Å². The topological polar surface area (TPSA) is 78.4 Å². The van der Waals surface area contributed by atoms with Crippen LogP contribution in [0.5, 0.6) is 0 Å². The lowest BCUT2D eigenvalue weighted by atomic mass is 10.0. The van der Waals surface area contributed by atoms with E-state index in [-0.39, 0.29) is 22.2 Å². The molecule has 0 aliphatic heterocycles. The van der Waals surface area contributed by atoms with Gasteiger partial charge in [0, 0.05) is 0 Å². The molecule has 0 saturated heterocycles. The van der Waals surface area contributed by atoms with Gasteiger partial charge in [-0.15, -0.1) is 0 Å². The molecule has 0 aliphatic rings. The summed E-state index contributed by atoms with van der Waals surface area (Å²) in [5.74, 6) is -1.52. The highest BCUT2D eigenvalue weighted by Gasteiger charge is 2.26. The lowest BCUT2D eigenvalue weighted by Crippen LogP contribution is -2.48. The highest BCUT2D eigenvalue weighted by atomic mass is 35.5. The van der Waals surface area contributed by atoms with E-state index >= 15 is 0 Å². The van der Waals surface area contributed by atoms with E-state index in [1.165, 1.54) is 12.1 Å². The van der Waals surface area contributed by atoms with Gasteiger partial charge in [0.1, 0.15) is 5.56 Å². The summed E-state index contributed by atoms with van der Waals surface area (Å²) in [5.41, 5.74) is -0.735. The molecule has 3 N–H and O–H groups in total. The molecule has 0 aliphatic carbocycles. The summed E-state index contributed by atoms with van der Waals surface area (Å²) in [5, 5.41) is 14.5. The van der Waals surface area contributed by atoms with E-state index in [2.05, 4.69) is 10.6 Å². The minimum Gasteiger partial charge on any atom is -0.478 e. The summed E-state index contributed by atoms with van der Waals surface area (Å²) >= 11 is 5.81. The minimum absolute atomic E-state index is 0.0857. The average Bonchev–Trinajstić information content (AvgIpc) is 2.28. The van der Waals surface area contributed by atoms with Gasteiger partial charge >= 0.3 is 5.97 Å². The highest BCUT2D eigenvalue weighted by molar-refractivity contribution is 6.34. The molecule has 98 valence electrons. The van der Waals surface area contributed by atoms with Crippen molar-refractivity contribution in [2.24, 2.45) is 0 Å². The van der Waals surface area contributed by atoms with Crippen molar-refractivity contribution in [3.63, 3.8) is 0 Å². The zero-order chi connectivity index (χ0) is 13.9. The number of likely N-dealkylation sites (N-methyl/N-ethyl adjacent to an activating group) is 1. The third-order valence-electron chi connectivity index (χ3n) is 2.67. The average molecular weight is 271 g/mol. The van der Waals surface area contributed by atoms with E-state index in [1.807, 2.05) is 0 Å². The molecule has 6 heteroatoms. The minimum atomic E-state index is -1.18. The molecule has 0 bridgehead atoms. The molecule has 5 nitrogen and oxygen atoms in total. The number of carboxylic acid groups (broad SMARTS) is 1. The molecule has 0 radical (unpaired) electrons. The number of rotatable bonds is 4. The van der Waals surface area contributed by atoms with Crippen molar-refractivity contribution in [3.05, 3.63) is 28.8 Å². The van der Waals surface area contributed by atoms with E-state index in [0.29, 0.717) is 0 Å². The number of carbonyl (C=O) groups is 2. The normalized spacial score (nSPS) is 11.1. The molecule has 0 spiro atoms. The van der Waals surface area contributed by atoms with Crippen LogP contribution in [0.1, 0.15) is 24.2 Å². The van der Waals surface area contributed by atoms with Gasteiger partial charge in [0.2, 0.25) is 5.91 Å². The van der Waals surface area contributed by atoms with E-state index in [0.717, 1.165) is 0 Å². The fourth-order valence-corrected chi connectivity index (χ4v) is 1.49. The summed E-state index contributed by atoms with van der Waals surface area (Å²) < 4.78 is 0. The van der Waals surface area contributed by atoms with Crippen molar-refractivity contribution < 1.29 is 14.7 Å². The van der Waals surface area contributed by atoms with Crippen LogP contribution in [0.15, 0.2) is 18.2 Å². The van der Waals surface area contributed by atoms with Crippen LogP contribution >= 0.6 is 11.6 Å². The maximum atomic E-state index is 11.9. The lowest BCUT2D eigenvalue weighted by molar-refractivity contribution is -0.121. The standard InChI is InChI=1S/C12H15ClN2O3/c1-12(2,14-3)11(18)15-8-6-4-5-7(13)9(8)10(16)17/h4-6,14H,1-3H3,(H,15,18)(H,16,17). The van der Waals surface area contributed by atoms with Gasteiger partial charge in [-0.3, -0.25) is 4.79 Å². The number of benzene rings is 1. The molecule has 0 heterocycles. The molecule has 1 aromatic carbocycles. The van der Waals surface area contributed by atoms with Crippen LogP contribution in [-0.4, -0.2) is 29.6 Å². The smallest absolute Gasteiger partial charge is 0.339 e. The zero-order valence-electron chi connectivity index (χ0n) is 10.4. The van der Waals surface area contributed by atoms with Gasteiger partial charge in [0.15, 0.2) is 0 Å². The van der Waals surface area contributed by atoms with Gasteiger partial charge in [-0.25, -0.2) is 4.79 Å². The van der Waals surface area contributed by atoms with Gasteiger partial charge in [-0.05, 0) is 33.0 Å². The number of hydrogen-bond acceptors (Lipinski definition) is 3. The molecular weight excluding hydrogens is 256 g/mol. The number of hydrogen-bond donors (Lipinski definition) is 3. The number of nitrogens with one attached hydrogen (secondary N) is 2. The molecule has 18 heavy (non-hydrogen) atoms. The maximum Gasteiger partial charge on any atom is 0.339 e. The van der Waals surface area contributed by atoms with Crippen LogP contribution in [0, 0.1) is 0 Å². The Hall–Kier alpha value is -1.59. The van der Waals surface area contributed by atoms with Crippen LogP contribution in [-0.2, 0) is 4.79 Å². The van der Waals surface area contributed by atoms with Crippen molar-refractivity contribution in [1.29, 1.82) is 0 Å². The van der Waals surface area contributed by atoms with E-state index in [4.69, 9.17) is 16.7 Å². The number of carboxylic acids is 1. The monoisotopic (exact) mass is 270 g/mol. The molecule has 0 fully saturated rings. The maximum absolute atomic E-state index is 11.9. The molecule has 0 unspecified atom stereocenters. The van der Waals surface area contributed by atoms with Crippen LogP contribution in [0.2, 0.25) is 5.02 Å². The Balaban J connectivity index is 3.09. The Kier molecular flexibility index (Phi) is 4.32. The fraction of sp³-hybridized carbons (Fsp3) is 0.333. The fourth-order valence-electron chi connectivity index (χ4n) is 1.24. The Bertz CT molecular complexity index is 486. The number of amides is 1. The molecule has 0 aromatic heterocycles. The number of carbonyl (C=O) groups excluding carboxylic acids is 1. The quantitative estimate of drug-likeness (QED) is 0.782. The van der Waals surface area contributed by atoms with Gasteiger partial charge in [-0.1, -0.05) is 17.7 Å². The third-order valence-corrected chi connectivity index (χ3v) is 2.98. The first-order chi connectivity index (χ1) is 8.29. The van der Waals surface area contributed by atoms with Crippen molar-refractivity contribution in [1.82, 2.24) is 5.32 Å². The summed E-state index contributed by atoms with van der Waals surface area (Å²) in [6, 6.07) is 4.54. The predicted molar refractivity (Wildman–Crippen MR) is 70.2 cm³/mol. The van der Waals surface area contributed by atoms with Crippen LogP contribution in [0.25, 0.3) is 0 Å². The first kappa shape index (κ1) is 14.5. The molecule has 0 atom stereocenters. The second-order valence-corrected chi connectivity index (χ2v) is 4.70. The van der Waals surface area contributed by atoms with Gasteiger partial charge < -0.3 is 15.7 Å². The summed E-state index contributed by atoms with van der Waals surface area (Å²) in [6.07, 6.45) is 0. The SMILES string of the molecule is CNC(C)(C)C(=O)Nc1cccc(Cl)c1C(=O)O. The van der Waals surface area contributed by atoms with Crippen molar-refractivity contribution >= 4 is 29.2 Å². The largest absolute Gasteiger partial charge is 0.478 e. The van der Waals surface area contributed by atoms with E-state index < -0.39 is 11.5 Å². The van der Waals surface area contributed by atoms with Gasteiger partial charge in [-0.2, -0.15) is 0 Å². The molecule has 1 rings (SSSR count). The van der Waals surface area contributed by atoms with Crippen LogP contribution < -0.4 is 10.6 Å². The number of halogens is 1. The molecular formula is C12H15ClN2O3. The van der Waals surface area contributed by atoms with Crippen molar-refractivity contribution in [2.45, 2.75) is 19.4 Å². The number of anilines is 1. The Labute approximate surface area is 110 Å². The molecule has 1 amide bonds. The summed E-state index contributed by atoms with van der Waals surface area (Å²) in [4.78, 5) is 23.0. The number of aromatic carboxylic acids is 1. The second kappa shape index (κ2) is 5.37. The van der Waals surface area contributed by atoms with Crippen LogP contribution in [0.4, 0.5) is 5.69 Å². The lowest BCUT2D eigenvalue weighted by Gasteiger charge is -2.23. The zero-order valence-corrected chi connectivity index (χ0v) is 11.1. The van der Waals surface area contributed by atoms with Gasteiger partial charge in [0.05, 0.1) is 16.2 Å². The molecule has 0 saturated carbocycles. The first-order valence-electron chi connectivity index (χ1n) is 5.31. The first-order valence-corrected chi connectivity index (χ1v) is 5.69. The summed E-state index contributed by atoms with van der Waals surface area (Å²) in [7, 11) is 1.65. The van der Waals surface area contributed by atoms with E-state index in [9.17, 15) is 9.59 Å². The predicted octanol–water partition coefficient (Wildman–Crippen LogP) is 1.97. The Morgan fingerprint density at radius 2 is 1.94 bits per heavy atom. The van der Waals surface area contributed by atoms with Crippen molar-refractivity contribution in [2.75, 3.05) is 12.4 Å². The van der Waals surface area contributed by atoms with Crippen molar-refractivity contribution in [3.8, 4) is 0 Å². The Morgan fingerprint density at radius 3 is 2.44 bits per heavy atom. The third kappa shape index (κ3) is 3.00.